The smallest absolute Gasteiger partial charge is 0.0826 e. The lowest BCUT2D eigenvalue weighted by molar-refractivity contribution is -0.0261. The highest BCUT2D eigenvalue weighted by Gasteiger charge is 2.20. The van der Waals surface area contributed by atoms with Gasteiger partial charge in [-0.2, -0.15) is 0 Å². The largest absolute Gasteiger partial charge is 0.374 e. The van der Waals surface area contributed by atoms with Gasteiger partial charge < -0.3 is 10.1 Å². The standard InChI is InChI=1S/C13H21BrN2OS/c1-3-16-5-6-17-11(9-16)8-15-10(2)13-12(14)4-7-18-13/h4,7,10-11,15H,3,5-6,8-9H2,1-2H3. The zero-order chi connectivity index (χ0) is 13.0. The summed E-state index contributed by atoms with van der Waals surface area (Å²) in [5.74, 6) is 0. The van der Waals surface area contributed by atoms with Gasteiger partial charge in [-0.3, -0.25) is 4.90 Å². The van der Waals surface area contributed by atoms with Gasteiger partial charge >= 0.3 is 0 Å². The minimum Gasteiger partial charge on any atom is -0.374 e. The number of halogens is 1. The van der Waals surface area contributed by atoms with E-state index >= 15 is 0 Å². The molecule has 2 unspecified atom stereocenters. The fraction of sp³-hybridized carbons (Fsp3) is 0.692. The molecule has 0 aliphatic carbocycles. The van der Waals surface area contributed by atoms with Gasteiger partial charge in [0.05, 0.1) is 12.7 Å². The first kappa shape index (κ1) is 14.5. The number of hydrogen-bond acceptors (Lipinski definition) is 4. The van der Waals surface area contributed by atoms with Crippen LogP contribution in [0.15, 0.2) is 15.9 Å². The molecule has 1 aliphatic rings. The molecule has 0 spiro atoms. The molecular formula is C13H21BrN2OS. The van der Waals surface area contributed by atoms with Crippen molar-refractivity contribution < 1.29 is 4.74 Å². The summed E-state index contributed by atoms with van der Waals surface area (Å²) in [7, 11) is 0. The maximum atomic E-state index is 5.80. The number of hydrogen-bond donors (Lipinski definition) is 1. The third-order valence-electron chi connectivity index (χ3n) is 3.36. The quantitative estimate of drug-likeness (QED) is 0.897. The Balaban J connectivity index is 1.79. The number of likely N-dealkylation sites (N-methyl/N-ethyl adjacent to an activating group) is 1. The van der Waals surface area contributed by atoms with E-state index in [-0.39, 0.29) is 0 Å². The first-order valence-corrected chi connectivity index (χ1v) is 8.18. The lowest BCUT2D eigenvalue weighted by Crippen LogP contribution is -2.46. The molecule has 2 rings (SSSR count). The Labute approximate surface area is 122 Å². The highest BCUT2D eigenvalue weighted by molar-refractivity contribution is 9.10. The number of ether oxygens (including phenoxy) is 1. The summed E-state index contributed by atoms with van der Waals surface area (Å²) in [6, 6.07) is 2.48. The van der Waals surface area contributed by atoms with Crippen molar-refractivity contribution in [2.24, 2.45) is 0 Å². The van der Waals surface area contributed by atoms with Crippen LogP contribution in [0.4, 0.5) is 0 Å². The van der Waals surface area contributed by atoms with Crippen LogP contribution in [0.1, 0.15) is 24.8 Å². The lowest BCUT2D eigenvalue weighted by Gasteiger charge is -2.32. The van der Waals surface area contributed by atoms with Crippen LogP contribution in [0.25, 0.3) is 0 Å². The SMILES string of the molecule is CCN1CCOC(CNC(C)c2sccc2Br)C1. The Morgan fingerprint density at radius 1 is 1.67 bits per heavy atom. The van der Waals surface area contributed by atoms with E-state index in [1.807, 2.05) is 0 Å². The second-order valence-corrected chi connectivity index (χ2v) is 6.45. The van der Waals surface area contributed by atoms with Gasteiger partial charge in [0, 0.05) is 35.0 Å². The van der Waals surface area contributed by atoms with Crippen LogP contribution < -0.4 is 5.32 Å². The van der Waals surface area contributed by atoms with Crippen molar-refractivity contribution >= 4 is 27.3 Å². The van der Waals surface area contributed by atoms with Crippen molar-refractivity contribution in [3.8, 4) is 0 Å². The monoisotopic (exact) mass is 332 g/mol. The molecule has 0 bridgehead atoms. The molecule has 18 heavy (non-hydrogen) atoms. The Kier molecular flexibility index (Phi) is 5.63. The van der Waals surface area contributed by atoms with E-state index in [4.69, 9.17) is 4.74 Å². The van der Waals surface area contributed by atoms with Crippen LogP contribution >= 0.6 is 27.3 Å². The molecule has 1 aromatic heterocycles. The Bertz CT molecular complexity index is 372. The number of nitrogens with zero attached hydrogens (tertiary/aromatic N) is 1. The summed E-state index contributed by atoms with van der Waals surface area (Å²) in [6.07, 6.45) is 0.319. The molecule has 0 aromatic carbocycles. The molecule has 0 saturated carbocycles. The maximum absolute atomic E-state index is 5.80. The summed E-state index contributed by atoms with van der Waals surface area (Å²) in [4.78, 5) is 3.81. The number of thiophene rings is 1. The second-order valence-electron chi connectivity index (χ2n) is 4.65. The first-order chi connectivity index (χ1) is 8.70. The van der Waals surface area contributed by atoms with Gasteiger partial charge in [-0.15, -0.1) is 11.3 Å². The molecule has 1 aromatic rings. The van der Waals surface area contributed by atoms with Crippen molar-refractivity contribution in [2.75, 3.05) is 32.8 Å². The minimum atomic E-state index is 0.319. The van der Waals surface area contributed by atoms with Gasteiger partial charge in [-0.25, -0.2) is 0 Å². The van der Waals surface area contributed by atoms with Crippen LogP contribution in [0.5, 0.6) is 0 Å². The summed E-state index contributed by atoms with van der Waals surface area (Å²) in [5.41, 5.74) is 0. The normalized spacial score (nSPS) is 23.2. The fourth-order valence-electron chi connectivity index (χ4n) is 2.21. The Hall–Kier alpha value is 0.0600. The van der Waals surface area contributed by atoms with E-state index < -0.39 is 0 Å². The van der Waals surface area contributed by atoms with E-state index in [1.165, 1.54) is 9.35 Å². The summed E-state index contributed by atoms with van der Waals surface area (Å²) < 4.78 is 7.00. The molecule has 0 radical (unpaired) electrons. The summed E-state index contributed by atoms with van der Waals surface area (Å²) in [6.45, 7) is 9.42. The van der Waals surface area contributed by atoms with E-state index in [9.17, 15) is 0 Å². The lowest BCUT2D eigenvalue weighted by atomic mass is 10.2. The third kappa shape index (κ3) is 3.78. The fourth-order valence-corrected chi connectivity index (χ4v) is 3.96. The van der Waals surface area contributed by atoms with Gasteiger partial charge in [-0.1, -0.05) is 6.92 Å². The molecule has 3 nitrogen and oxygen atoms in total. The topological polar surface area (TPSA) is 24.5 Å². The van der Waals surface area contributed by atoms with Crippen LogP contribution in [0.3, 0.4) is 0 Å². The van der Waals surface area contributed by atoms with Crippen LogP contribution in [0, 0.1) is 0 Å². The predicted molar refractivity (Wildman–Crippen MR) is 80.3 cm³/mol. The molecule has 102 valence electrons. The van der Waals surface area contributed by atoms with E-state index in [0.717, 1.165) is 32.8 Å². The molecule has 2 heterocycles. The van der Waals surface area contributed by atoms with Gasteiger partial charge in [0.2, 0.25) is 0 Å². The van der Waals surface area contributed by atoms with E-state index in [1.54, 1.807) is 11.3 Å². The Morgan fingerprint density at radius 2 is 2.50 bits per heavy atom. The molecule has 1 aliphatic heterocycles. The van der Waals surface area contributed by atoms with Crippen LogP contribution in [0.2, 0.25) is 0 Å². The molecule has 1 saturated heterocycles. The Morgan fingerprint density at radius 3 is 3.17 bits per heavy atom. The van der Waals surface area contributed by atoms with Gasteiger partial charge in [0.25, 0.3) is 0 Å². The van der Waals surface area contributed by atoms with Crippen molar-refractivity contribution in [3.05, 3.63) is 20.8 Å². The molecule has 5 heteroatoms. The van der Waals surface area contributed by atoms with Crippen molar-refractivity contribution in [2.45, 2.75) is 26.0 Å². The highest BCUT2D eigenvalue weighted by atomic mass is 79.9. The maximum Gasteiger partial charge on any atom is 0.0826 e. The van der Waals surface area contributed by atoms with E-state index in [2.05, 4.69) is 51.4 Å². The van der Waals surface area contributed by atoms with Crippen molar-refractivity contribution in [3.63, 3.8) is 0 Å². The van der Waals surface area contributed by atoms with Crippen LogP contribution in [-0.4, -0.2) is 43.8 Å². The van der Waals surface area contributed by atoms with Gasteiger partial charge in [0.1, 0.15) is 0 Å². The van der Waals surface area contributed by atoms with Crippen molar-refractivity contribution in [1.82, 2.24) is 10.2 Å². The predicted octanol–water partition coefficient (Wildman–Crippen LogP) is 2.88. The first-order valence-electron chi connectivity index (χ1n) is 6.51. The van der Waals surface area contributed by atoms with E-state index in [0.29, 0.717) is 12.1 Å². The molecule has 1 N–H and O–H groups in total. The zero-order valence-electron chi connectivity index (χ0n) is 11.0. The van der Waals surface area contributed by atoms with Gasteiger partial charge in [-0.05, 0) is 40.8 Å². The molecule has 2 atom stereocenters. The highest BCUT2D eigenvalue weighted by Crippen LogP contribution is 2.28. The van der Waals surface area contributed by atoms with Gasteiger partial charge in [0.15, 0.2) is 0 Å². The van der Waals surface area contributed by atoms with Crippen LogP contribution in [-0.2, 0) is 4.74 Å². The second kappa shape index (κ2) is 7.01. The number of rotatable bonds is 5. The summed E-state index contributed by atoms with van der Waals surface area (Å²) >= 11 is 5.37. The third-order valence-corrected chi connectivity index (χ3v) is 5.41. The van der Waals surface area contributed by atoms with Crippen molar-refractivity contribution in [1.29, 1.82) is 0 Å². The number of morpholine rings is 1. The molecule has 0 amide bonds. The average molecular weight is 333 g/mol. The minimum absolute atomic E-state index is 0.319. The zero-order valence-corrected chi connectivity index (χ0v) is 13.4. The average Bonchev–Trinajstić information content (AvgIpc) is 2.82. The molecular weight excluding hydrogens is 312 g/mol. The summed E-state index contributed by atoms with van der Waals surface area (Å²) in [5, 5.41) is 5.69. The number of nitrogens with one attached hydrogen (secondary N) is 1. The molecule has 1 fully saturated rings.